The number of rotatable bonds is 2. The number of benzene rings is 2. The van der Waals surface area contributed by atoms with Crippen molar-refractivity contribution in [3.63, 3.8) is 0 Å². The Kier molecular flexibility index (Phi) is 2.82. The largest absolute Gasteiger partial charge is 0.334 e. The summed E-state index contributed by atoms with van der Waals surface area (Å²) in [6, 6.07) is 14.8. The molecule has 2 aromatic heterocycles. The van der Waals surface area contributed by atoms with Crippen LogP contribution in [0.4, 0.5) is 4.39 Å². The van der Waals surface area contributed by atoms with Gasteiger partial charge in [0, 0.05) is 42.3 Å². The van der Waals surface area contributed by atoms with Gasteiger partial charge in [0.15, 0.2) is 0 Å². The molecule has 2 aromatic carbocycles. The Labute approximate surface area is 127 Å². The Hall–Kier alpha value is -2.88. The minimum Gasteiger partial charge on any atom is -0.334 e. The highest BCUT2D eigenvalue weighted by molar-refractivity contribution is 5.86. The molecule has 4 aromatic rings. The predicted octanol–water partition coefficient (Wildman–Crippen LogP) is 4.17. The molecule has 0 amide bonds. The van der Waals surface area contributed by atoms with Gasteiger partial charge in [-0.05, 0) is 48.5 Å². The summed E-state index contributed by atoms with van der Waals surface area (Å²) >= 11 is 0. The Balaban J connectivity index is 1.84. The smallest absolute Gasteiger partial charge is 0.139 e. The molecule has 4 rings (SSSR count). The van der Waals surface area contributed by atoms with E-state index in [0.29, 0.717) is 0 Å². The van der Waals surface area contributed by atoms with Crippen LogP contribution in [-0.2, 0) is 7.05 Å². The van der Waals surface area contributed by atoms with E-state index < -0.39 is 0 Å². The summed E-state index contributed by atoms with van der Waals surface area (Å²) < 4.78 is 17.1. The van der Waals surface area contributed by atoms with E-state index in [9.17, 15) is 4.39 Å². The third kappa shape index (κ3) is 2.00. The van der Waals surface area contributed by atoms with E-state index in [1.807, 2.05) is 24.0 Å². The molecule has 0 unspecified atom stereocenters. The van der Waals surface area contributed by atoms with Crippen LogP contribution >= 0.6 is 0 Å². The van der Waals surface area contributed by atoms with E-state index in [0.717, 1.165) is 28.0 Å². The lowest BCUT2D eigenvalue weighted by Gasteiger charge is -2.07. The average molecular weight is 291 g/mol. The molecule has 2 heterocycles. The fraction of sp³-hybridized carbons (Fsp3) is 0.0556. The Morgan fingerprint density at radius 3 is 2.50 bits per heavy atom. The van der Waals surface area contributed by atoms with Gasteiger partial charge in [-0.2, -0.15) is 0 Å². The van der Waals surface area contributed by atoms with Crippen LogP contribution in [0.15, 0.2) is 67.1 Å². The fourth-order valence-electron chi connectivity index (χ4n) is 2.75. The van der Waals surface area contributed by atoms with Crippen molar-refractivity contribution >= 4 is 10.9 Å². The van der Waals surface area contributed by atoms with Crippen LogP contribution in [0.1, 0.15) is 0 Å². The van der Waals surface area contributed by atoms with Gasteiger partial charge in [-0.3, -0.25) is 0 Å². The minimum absolute atomic E-state index is 0.225. The number of hydrogen-bond donors (Lipinski definition) is 0. The van der Waals surface area contributed by atoms with E-state index in [4.69, 9.17) is 0 Å². The van der Waals surface area contributed by atoms with Crippen molar-refractivity contribution < 1.29 is 4.39 Å². The van der Waals surface area contributed by atoms with Crippen molar-refractivity contribution in [2.24, 2.45) is 7.05 Å². The topological polar surface area (TPSA) is 22.8 Å². The van der Waals surface area contributed by atoms with Gasteiger partial charge < -0.3 is 9.13 Å². The zero-order valence-corrected chi connectivity index (χ0v) is 12.1. The highest BCUT2D eigenvalue weighted by atomic mass is 19.1. The molecule has 22 heavy (non-hydrogen) atoms. The van der Waals surface area contributed by atoms with Crippen molar-refractivity contribution in [3.8, 4) is 17.1 Å². The summed E-state index contributed by atoms with van der Waals surface area (Å²) in [6.45, 7) is 0. The summed E-state index contributed by atoms with van der Waals surface area (Å²) in [6.07, 6.45) is 5.73. The second-order valence-corrected chi connectivity index (χ2v) is 5.30. The highest BCUT2D eigenvalue weighted by Crippen LogP contribution is 2.26. The summed E-state index contributed by atoms with van der Waals surface area (Å²) in [5.74, 6) is 0.716. The van der Waals surface area contributed by atoms with Crippen LogP contribution in [0.2, 0.25) is 0 Å². The molecule has 0 saturated heterocycles. The van der Waals surface area contributed by atoms with Crippen LogP contribution in [0, 0.1) is 5.82 Å². The van der Waals surface area contributed by atoms with Gasteiger partial charge >= 0.3 is 0 Å². The molecule has 0 N–H and O–H groups in total. The number of hydrogen-bond acceptors (Lipinski definition) is 1. The number of nitrogens with zero attached hydrogens (tertiary/aromatic N) is 3. The predicted molar refractivity (Wildman–Crippen MR) is 85.4 cm³/mol. The summed E-state index contributed by atoms with van der Waals surface area (Å²) in [7, 11) is 1.98. The van der Waals surface area contributed by atoms with Gasteiger partial charge in [0.2, 0.25) is 0 Å². The van der Waals surface area contributed by atoms with Gasteiger partial charge in [-0.15, -0.1) is 0 Å². The zero-order valence-electron chi connectivity index (χ0n) is 12.1. The molecular formula is C18H14FN3. The Bertz CT molecular complexity index is 948. The summed E-state index contributed by atoms with van der Waals surface area (Å²) in [5.41, 5.74) is 3.11. The van der Waals surface area contributed by atoms with Crippen molar-refractivity contribution in [2.45, 2.75) is 0 Å². The molecule has 0 fully saturated rings. The van der Waals surface area contributed by atoms with E-state index in [1.165, 1.54) is 12.1 Å². The number of fused-ring (bicyclic) bond motifs is 1. The molecule has 0 aliphatic rings. The molecule has 0 radical (unpaired) electrons. The summed E-state index contributed by atoms with van der Waals surface area (Å²) in [4.78, 5) is 4.38. The maximum Gasteiger partial charge on any atom is 0.139 e. The third-order valence-electron chi connectivity index (χ3n) is 3.87. The standard InChI is InChI=1S/C18H14FN3/c1-21-11-9-20-18(21)14-2-7-17-13(12-14)8-10-22(17)16-5-3-15(19)4-6-16/h2-12H,1H3. The van der Waals surface area contributed by atoms with E-state index in [-0.39, 0.29) is 5.82 Å². The van der Waals surface area contributed by atoms with Crippen LogP contribution in [0.3, 0.4) is 0 Å². The second-order valence-electron chi connectivity index (χ2n) is 5.30. The molecule has 0 spiro atoms. The lowest BCUT2D eigenvalue weighted by atomic mass is 10.1. The maximum atomic E-state index is 13.1. The van der Waals surface area contributed by atoms with Gasteiger partial charge in [-0.1, -0.05) is 0 Å². The second kappa shape index (κ2) is 4.84. The lowest BCUT2D eigenvalue weighted by Crippen LogP contribution is -1.93. The molecule has 0 aliphatic heterocycles. The van der Waals surface area contributed by atoms with Crippen molar-refractivity contribution in [1.29, 1.82) is 0 Å². The normalized spacial score (nSPS) is 11.2. The molecular weight excluding hydrogens is 277 g/mol. The average Bonchev–Trinajstić information content (AvgIpc) is 3.13. The van der Waals surface area contributed by atoms with Crippen LogP contribution in [0.5, 0.6) is 0 Å². The van der Waals surface area contributed by atoms with Crippen molar-refractivity contribution in [1.82, 2.24) is 14.1 Å². The van der Waals surface area contributed by atoms with Gasteiger partial charge in [-0.25, -0.2) is 9.37 Å². The quantitative estimate of drug-likeness (QED) is 0.543. The molecule has 0 bridgehead atoms. The monoisotopic (exact) mass is 291 g/mol. The van der Waals surface area contributed by atoms with E-state index in [1.54, 1.807) is 18.3 Å². The van der Waals surface area contributed by atoms with Crippen molar-refractivity contribution in [3.05, 3.63) is 72.9 Å². The molecule has 0 aliphatic carbocycles. The molecule has 0 saturated carbocycles. The van der Waals surface area contributed by atoms with Crippen LogP contribution < -0.4 is 0 Å². The van der Waals surface area contributed by atoms with Crippen LogP contribution in [-0.4, -0.2) is 14.1 Å². The van der Waals surface area contributed by atoms with E-state index in [2.05, 4.69) is 33.8 Å². The van der Waals surface area contributed by atoms with Crippen molar-refractivity contribution in [2.75, 3.05) is 0 Å². The first kappa shape index (κ1) is 12.8. The maximum absolute atomic E-state index is 13.1. The summed E-state index contributed by atoms with van der Waals surface area (Å²) in [5, 5.41) is 1.13. The zero-order chi connectivity index (χ0) is 15.1. The molecule has 108 valence electrons. The number of halogens is 1. The fourth-order valence-corrected chi connectivity index (χ4v) is 2.75. The SMILES string of the molecule is Cn1ccnc1-c1ccc2c(ccn2-c2ccc(F)cc2)c1. The number of aryl methyl sites for hydroxylation is 1. The van der Waals surface area contributed by atoms with Gasteiger partial charge in [0.1, 0.15) is 11.6 Å². The molecule has 3 nitrogen and oxygen atoms in total. The first-order valence-corrected chi connectivity index (χ1v) is 7.07. The van der Waals surface area contributed by atoms with E-state index >= 15 is 0 Å². The lowest BCUT2D eigenvalue weighted by molar-refractivity contribution is 0.627. The minimum atomic E-state index is -0.225. The number of imidazole rings is 1. The molecule has 4 heteroatoms. The van der Waals surface area contributed by atoms with Crippen LogP contribution in [0.25, 0.3) is 28.0 Å². The molecule has 0 atom stereocenters. The first-order valence-electron chi connectivity index (χ1n) is 7.07. The third-order valence-corrected chi connectivity index (χ3v) is 3.87. The number of aromatic nitrogens is 3. The van der Waals surface area contributed by atoms with Gasteiger partial charge in [0.05, 0.1) is 5.52 Å². The Morgan fingerprint density at radius 1 is 0.955 bits per heavy atom. The highest BCUT2D eigenvalue weighted by Gasteiger charge is 2.08. The first-order chi connectivity index (χ1) is 10.7. The van der Waals surface area contributed by atoms with Gasteiger partial charge in [0.25, 0.3) is 0 Å². The Morgan fingerprint density at radius 2 is 1.77 bits per heavy atom.